The summed E-state index contributed by atoms with van der Waals surface area (Å²) in [5, 5.41) is 5.44. The van der Waals surface area contributed by atoms with Gasteiger partial charge in [0.1, 0.15) is 0 Å². The first-order valence-corrected chi connectivity index (χ1v) is 10.3. The molecular formula is C23H30N4O2. The molecule has 1 amide bonds. The van der Waals surface area contributed by atoms with Crippen molar-refractivity contribution in [2.45, 2.75) is 32.1 Å². The molecule has 0 fully saturated rings. The van der Waals surface area contributed by atoms with E-state index in [0.29, 0.717) is 11.8 Å². The lowest BCUT2D eigenvalue weighted by atomic mass is 10.1. The van der Waals surface area contributed by atoms with E-state index in [1.165, 1.54) is 12.8 Å². The Morgan fingerprint density at radius 3 is 2.55 bits per heavy atom. The minimum Gasteiger partial charge on any atom is -0.330 e. The zero-order chi connectivity index (χ0) is 20.6. The zero-order valence-corrected chi connectivity index (χ0v) is 17.0. The van der Waals surface area contributed by atoms with Gasteiger partial charge >= 0.3 is 0 Å². The average molecular weight is 395 g/mol. The van der Waals surface area contributed by atoms with Gasteiger partial charge in [0.05, 0.1) is 0 Å². The molecule has 0 radical (unpaired) electrons. The average Bonchev–Trinajstić information content (AvgIpc) is 2.73. The number of H-pyrrole nitrogens is 1. The Hall–Kier alpha value is -2.70. The predicted octanol–water partition coefficient (Wildman–Crippen LogP) is 3.46. The normalized spacial score (nSPS) is 11.4. The third-order valence-electron chi connectivity index (χ3n) is 5.23. The van der Waals surface area contributed by atoms with E-state index < -0.39 is 0 Å². The van der Waals surface area contributed by atoms with Gasteiger partial charge in [-0.05, 0) is 62.6 Å². The van der Waals surface area contributed by atoms with Gasteiger partial charge in [0.25, 0.3) is 5.56 Å². The van der Waals surface area contributed by atoms with E-state index in [1.807, 2.05) is 42.5 Å². The van der Waals surface area contributed by atoms with Crippen molar-refractivity contribution in [2.24, 2.45) is 5.73 Å². The summed E-state index contributed by atoms with van der Waals surface area (Å²) >= 11 is 0. The molecule has 0 bridgehead atoms. The molecule has 0 atom stereocenters. The van der Waals surface area contributed by atoms with Crippen LogP contribution in [0.25, 0.3) is 21.7 Å². The Balaban J connectivity index is 1.58. The van der Waals surface area contributed by atoms with Crippen molar-refractivity contribution in [3.8, 4) is 0 Å². The topological polar surface area (TPSA) is 91.2 Å². The number of pyridine rings is 1. The molecule has 4 N–H and O–H groups in total. The molecule has 1 heterocycles. The highest BCUT2D eigenvalue weighted by Gasteiger charge is 2.08. The van der Waals surface area contributed by atoms with Crippen molar-refractivity contribution in [1.82, 2.24) is 9.88 Å². The first-order valence-electron chi connectivity index (χ1n) is 10.3. The number of carbonyl (C=O) groups excluding carboxylic acids is 1. The first-order chi connectivity index (χ1) is 14.1. The van der Waals surface area contributed by atoms with Crippen LogP contribution >= 0.6 is 0 Å². The summed E-state index contributed by atoms with van der Waals surface area (Å²) < 4.78 is 0. The zero-order valence-electron chi connectivity index (χ0n) is 17.0. The third kappa shape index (κ3) is 5.65. The molecule has 1 aromatic heterocycles. The first kappa shape index (κ1) is 21.0. The Bertz CT molecular complexity index is 1030. The van der Waals surface area contributed by atoms with Crippen LogP contribution in [-0.4, -0.2) is 42.5 Å². The maximum atomic E-state index is 12.4. The van der Waals surface area contributed by atoms with Crippen molar-refractivity contribution < 1.29 is 4.79 Å². The van der Waals surface area contributed by atoms with E-state index in [-0.39, 0.29) is 11.5 Å². The fourth-order valence-corrected chi connectivity index (χ4v) is 3.57. The maximum Gasteiger partial charge on any atom is 0.256 e. The fourth-order valence-electron chi connectivity index (χ4n) is 3.57. The van der Waals surface area contributed by atoms with E-state index in [2.05, 4.69) is 22.2 Å². The number of fused-ring (bicyclic) bond motifs is 3. The molecule has 3 aromatic rings. The van der Waals surface area contributed by atoms with E-state index in [1.54, 1.807) is 0 Å². The lowest BCUT2D eigenvalue weighted by molar-refractivity contribution is -0.116. The van der Waals surface area contributed by atoms with Crippen LogP contribution in [0, 0.1) is 0 Å². The van der Waals surface area contributed by atoms with Gasteiger partial charge in [-0.25, -0.2) is 0 Å². The molecule has 0 saturated carbocycles. The van der Waals surface area contributed by atoms with Gasteiger partial charge < -0.3 is 20.9 Å². The molecule has 2 aromatic carbocycles. The molecule has 0 saturated heterocycles. The number of amides is 1. The predicted molar refractivity (Wildman–Crippen MR) is 120 cm³/mol. The highest BCUT2D eigenvalue weighted by atomic mass is 16.1. The standard InChI is InChI=1S/C23H30N4O2/c1-27(14-7-3-2-6-13-24)15-12-22(28)25-17-10-11-21-20(16-17)18-8-4-5-9-19(18)23(29)26-21/h4-5,8-11,16H,2-3,6-7,12-15,24H2,1H3,(H,25,28)(H,26,29). The molecule has 29 heavy (non-hydrogen) atoms. The van der Waals surface area contributed by atoms with Crippen molar-refractivity contribution in [2.75, 3.05) is 32.0 Å². The molecular weight excluding hydrogens is 364 g/mol. The number of carbonyl (C=O) groups is 1. The second kappa shape index (κ2) is 10.2. The molecule has 0 aliphatic heterocycles. The summed E-state index contributed by atoms with van der Waals surface area (Å²) in [4.78, 5) is 29.7. The SMILES string of the molecule is CN(CCCCCCN)CCC(=O)Nc1ccc2[nH]c(=O)c3ccccc3c2c1. The highest BCUT2D eigenvalue weighted by Crippen LogP contribution is 2.24. The number of benzene rings is 2. The van der Waals surface area contributed by atoms with Crippen LogP contribution in [0.5, 0.6) is 0 Å². The monoisotopic (exact) mass is 394 g/mol. The number of aromatic nitrogens is 1. The van der Waals surface area contributed by atoms with Gasteiger partial charge in [-0.3, -0.25) is 9.59 Å². The molecule has 0 aliphatic carbocycles. The van der Waals surface area contributed by atoms with Gasteiger partial charge in [0, 0.05) is 34.9 Å². The Morgan fingerprint density at radius 2 is 1.76 bits per heavy atom. The van der Waals surface area contributed by atoms with Crippen LogP contribution in [-0.2, 0) is 4.79 Å². The van der Waals surface area contributed by atoms with Crippen molar-refractivity contribution in [3.05, 3.63) is 52.8 Å². The summed E-state index contributed by atoms with van der Waals surface area (Å²) in [7, 11) is 2.05. The van der Waals surface area contributed by atoms with Crippen LogP contribution in [0.1, 0.15) is 32.1 Å². The van der Waals surface area contributed by atoms with Crippen molar-refractivity contribution in [3.63, 3.8) is 0 Å². The van der Waals surface area contributed by atoms with E-state index in [4.69, 9.17) is 5.73 Å². The molecule has 154 valence electrons. The number of hydrogen-bond acceptors (Lipinski definition) is 4. The van der Waals surface area contributed by atoms with E-state index in [0.717, 1.165) is 54.5 Å². The maximum absolute atomic E-state index is 12.4. The summed E-state index contributed by atoms with van der Waals surface area (Å²) in [6.45, 7) is 2.48. The Kier molecular flexibility index (Phi) is 7.38. The molecule has 0 unspecified atom stereocenters. The second-order valence-electron chi connectivity index (χ2n) is 7.56. The van der Waals surface area contributed by atoms with Gasteiger partial charge in [-0.1, -0.05) is 31.0 Å². The number of nitrogens with two attached hydrogens (primary N) is 1. The number of hydrogen-bond donors (Lipinski definition) is 3. The largest absolute Gasteiger partial charge is 0.330 e. The molecule has 6 heteroatoms. The third-order valence-corrected chi connectivity index (χ3v) is 5.23. The number of rotatable bonds is 10. The van der Waals surface area contributed by atoms with Crippen molar-refractivity contribution in [1.29, 1.82) is 0 Å². The lowest BCUT2D eigenvalue weighted by Gasteiger charge is -2.16. The van der Waals surface area contributed by atoms with Crippen LogP contribution in [0.3, 0.4) is 0 Å². The van der Waals surface area contributed by atoms with E-state index >= 15 is 0 Å². The lowest BCUT2D eigenvalue weighted by Crippen LogP contribution is -2.25. The Labute approximate surface area is 171 Å². The number of aromatic amines is 1. The number of nitrogens with one attached hydrogen (secondary N) is 2. The molecule has 3 rings (SSSR count). The minimum atomic E-state index is -0.101. The number of nitrogens with zero attached hydrogens (tertiary/aromatic N) is 1. The summed E-state index contributed by atoms with van der Waals surface area (Å²) in [5.74, 6) is -0.00642. The van der Waals surface area contributed by atoms with Gasteiger partial charge in [0.2, 0.25) is 5.91 Å². The smallest absolute Gasteiger partial charge is 0.256 e. The summed E-state index contributed by atoms with van der Waals surface area (Å²) in [6, 6.07) is 13.1. The molecule has 0 aliphatic rings. The van der Waals surface area contributed by atoms with E-state index in [9.17, 15) is 9.59 Å². The molecule has 6 nitrogen and oxygen atoms in total. The number of unbranched alkanes of at least 4 members (excludes halogenated alkanes) is 3. The van der Waals surface area contributed by atoms with Crippen LogP contribution < -0.4 is 16.6 Å². The Morgan fingerprint density at radius 1 is 1.00 bits per heavy atom. The van der Waals surface area contributed by atoms with Gasteiger partial charge in [-0.2, -0.15) is 0 Å². The summed E-state index contributed by atoms with van der Waals surface area (Å²) in [5.41, 5.74) is 6.91. The summed E-state index contributed by atoms with van der Waals surface area (Å²) in [6.07, 6.45) is 5.02. The van der Waals surface area contributed by atoms with Crippen molar-refractivity contribution >= 4 is 33.3 Å². The minimum absolute atomic E-state index is 0.00642. The molecule has 0 spiro atoms. The van der Waals surface area contributed by atoms with Crippen LogP contribution in [0.15, 0.2) is 47.3 Å². The van der Waals surface area contributed by atoms with Crippen LogP contribution in [0.2, 0.25) is 0 Å². The van der Waals surface area contributed by atoms with Crippen LogP contribution in [0.4, 0.5) is 5.69 Å². The number of anilines is 1. The van der Waals surface area contributed by atoms with Gasteiger partial charge in [0.15, 0.2) is 0 Å². The van der Waals surface area contributed by atoms with Gasteiger partial charge in [-0.15, -0.1) is 0 Å². The fraction of sp³-hybridized carbons (Fsp3) is 0.391. The quantitative estimate of drug-likeness (QED) is 0.363. The second-order valence-corrected chi connectivity index (χ2v) is 7.56. The highest BCUT2D eigenvalue weighted by molar-refractivity contribution is 6.07.